The van der Waals surface area contributed by atoms with E-state index in [9.17, 15) is 0 Å². The third kappa shape index (κ3) is 8.32. The number of aromatic nitrogens is 4. The second-order valence-electron chi connectivity index (χ2n) is 18.5. The SMILES string of the molecule is C[Si](C)(C)c1ccc(-c2[c-]cccc2)nc1.[2H]C([2H])([2H])c1ccc2c(ccc3cc4oc5c(-c6nc7ccccc7n6-c6c(C(C)C)cc(-c7ccccc7)cc6C(C)C)[c-]ccc5c4cc32)n1.[Ir]. The van der Waals surface area contributed by atoms with Crippen molar-refractivity contribution >= 4 is 67.9 Å². The maximum atomic E-state index is 7.84. The molecule has 11 rings (SSSR count). The van der Waals surface area contributed by atoms with E-state index in [4.69, 9.17) is 13.5 Å². The number of aryl methyl sites for hydroxylation is 1. The van der Waals surface area contributed by atoms with Crippen LogP contribution in [0.4, 0.5) is 0 Å². The zero-order valence-corrected chi connectivity index (χ0v) is 41.6. The van der Waals surface area contributed by atoms with Crippen LogP contribution in [0.3, 0.4) is 0 Å². The molecule has 0 N–H and O–H groups in total. The molecule has 329 valence electrons. The number of hydrogen-bond acceptors (Lipinski definition) is 4. The summed E-state index contributed by atoms with van der Waals surface area (Å²) in [5, 5.41) is 6.19. The third-order valence-electron chi connectivity index (χ3n) is 12.4. The van der Waals surface area contributed by atoms with Crippen LogP contribution < -0.4 is 5.19 Å². The van der Waals surface area contributed by atoms with Gasteiger partial charge in [0.2, 0.25) is 0 Å². The quantitative estimate of drug-likeness (QED) is 0.0907. The molecule has 5 nitrogen and oxygen atoms in total. The van der Waals surface area contributed by atoms with Crippen molar-refractivity contribution in [2.24, 2.45) is 0 Å². The van der Waals surface area contributed by atoms with Crippen LogP contribution in [0.5, 0.6) is 0 Å². The Balaban J connectivity index is 0.000000296. The van der Waals surface area contributed by atoms with Gasteiger partial charge in [0.25, 0.3) is 0 Å². The Labute approximate surface area is 406 Å². The number of imidazole rings is 1. The van der Waals surface area contributed by atoms with Crippen molar-refractivity contribution in [3.8, 4) is 39.5 Å². The summed E-state index contributed by atoms with van der Waals surface area (Å²) in [6.45, 7) is 13.8. The number of nitrogens with zero attached hydrogens (tertiary/aromatic N) is 4. The Morgan fingerprint density at radius 3 is 2.09 bits per heavy atom. The molecular weight excluding hydrogens is 1000 g/mol. The molecule has 0 unspecified atom stereocenters. The average molecular weight is 1060 g/mol. The van der Waals surface area contributed by atoms with Crippen LogP contribution in [0.1, 0.15) is 60.5 Å². The van der Waals surface area contributed by atoms with Crippen LogP contribution in [-0.4, -0.2) is 27.6 Å². The second kappa shape index (κ2) is 18.1. The molecule has 0 bridgehead atoms. The van der Waals surface area contributed by atoms with Gasteiger partial charge in [0, 0.05) is 52.6 Å². The van der Waals surface area contributed by atoms with E-state index in [2.05, 4.69) is 159 Å². The van der Waals surface area contributed by atoms with Gasteiger partial charge in [0.05, 0.1) is 36.0 Å². The van der Waals surface area contributed by atoms with Crippen LogP contribution >= 0.6 is 0 Å². The van der Waals surface area contributed by atoms with Crippen LogP contribution in [0.25, 0.3) is 94.1 Å². The first-order valence-electron chi connectivity index (χ1n) is 23.9. The van der Waals surface area contributed by atoms with Crippen LogP contribution in [0.2, 0.25) is 19.6 Å². The smallest absolute Gasteiger partial charge is 0.121 e. The van der Waals surface area contributed by atoms with E-state index in [1.807, 2.05) is 66.9 Å². The molecule has 0 aliphatic heterocycles. The minimum absolute atomic E-state index is 0. The molecule has 0 aliphatic rings. The topological polar surface area (TPSA) is 56.7 Å². The molecular formula is C59H52IrN4OSi-2. The molecule has 0 saturated carbocycles. The normalized spacial score (nSPS) is 12.7. The molecule has 0 atom stereocenters. The number of pyridine rings is 2. The van der Waals surface area contributed by atoms with Gasteiger partial charge in [-0.1, -0.05) is 125 Å². The van der Waals surface area contributed by atoms with Crippen molar-refractivity contribution in [3.63, 3.8) is 0 Å². The second-order valence-corrected chi connectivity index (χ2v) is 23.6. The van der Waals surface area contributed by atoms with Crippen molar-refractivity contribution < 1.29 is 28.6 Å². The fourth-order valence-electron chi connectivity index (χ4n) is 8.92. The van der Waals surface area contributed by atoms with Crippen LogP contribution in [0, 0.1) is 19.0 Å². The summed E-state index contributed by atoms with van der Waals surface area (Å²) < 4.78 is 32.6. The molecule has 11 aromatic rings. The van der Waals surface area contributed by atoms with Gasteiger partial charge in [0.1, 0.15) is 5.58 Å². The molecule has 1 radical (unpaired) electrons. The number of para-hydroxylation sites is 2. The largest absolute Gasteiger partial charge is 0.501 e. The predicted molar refractivity (Wildman–Crippen MR) is 275 cm³/mol. The number of benzene rings is 7. The molecule has 0 aliphatic carbocycles. The molecule has 4 heterocycles. The van der Waals surface area contributed by atoms with Crippen LogP contribution in [-0.2, 0) is 20.1 Å². The molecule has 66 heavy (non-hydrogen) atoms. The van der Waals surface area contributed by atoms with Gasteiger partial charge in [-0.25, -0.2) is 0 Å². The molecule has 0 spiro atoms. The van der Waals surface area contributed by atoms with E-state index in [-0.39, 0.29) is 37.6 Å². The first-order valence-corrected chi connectivity index (χ1v) is 25.9. The zero-order valence-electron chi connectivity index (χ0n) is 41.2. The van der Waals surface area contributed by atoms with Gasteiger partial charge >= 0.3 is 0 Å². The van der Waals surface area contributed by atoms with E-state index < -0.39 is 14.9 Å². The summed E-state index contributed by atoms with van der Waals surface area (Å²) in [5.41, 5.74) is 13.0. The van der Waals surface area contributed by atoms with Gasteiger partial charge in [-0.2, -0.15) is 0 Å². The minimum Gasteiger partial charge on any atom is -0.501 e. The number of fused-ring (bicyclic) bond motifs is 7. The third-order valence-corrected chi connectivity index (χ3v) is 14.4. The van der Waals surface area contributed by atoms with Gasteiger partial charge in [-0.15, -0.1) is 54.1 Å². The Kier molecular flexibility index (Phi) is 11.2. The van der Waals surface area contributed by atoms with Gasteiger partial charge in [0.15, 0.2) is 0 Å². The predicted octanol–water partition coefficient (Wildman–Crippen LogP) is 15.4. The zero-order chi connectivity index (χ0) is 47.5. The van der Waals surface area contributed by atoms with Crippen molar-refractivity contribution in [2.75, 3.05) is 0 Å². The number of furan rings is 1. The Morgan fingerprint density at radius 2 is 1.39 bits per heavy atom. The number of rotatable bonds is 7. The molecule has 7 aromatic carbocycles. The summed E-state index contributed by atoms with van der Waals surface area (Å²) in [6.07, 6.45) is 2.02. The average Bonchev–Trinajstić information content (AvgIpc) is 3.91. The summed E-state index contributed by atoms with van der Waals surface area (Å²) in [4.78, 5) is 14.3. The Hall–Kier alpha value is -6.50. The monoisotopic (exact) mass is 1060 g/mol. The van der Waals surface area contributed by atoms with Crippen molar-refractivity contribution in [2.45, 2.75) is 66.0 Å². The first kappa shape index (κ1) is 41.0. The van der Waals surface area contributed by atoms with Crippen molar-refractivity contribution in [3.05, 3.63) is 187 Å². The van der Waals surface area contributed by atoms with E-state index in [0.717, 1.165) is 77.5 Å². The first-order chi connectivity index (χ1) is 32.6. The summed E-state index contributed by atoms with van der Waals surface area (Å²) >= 11 is 0. The molecule has 7 heteroatoms. The van der Waals surface area contributed by atoms with Gasteiger partial charge in [-0.05, 0) is 111 Å². The van der Waals surface area contributed by atoms with E-state index in [0.29, 0.717) is 5.52 Å². The molecule has 4 aromatic heterocycles. The molecule has 0 fully saturated rings. The fourth-order valence-corrected chi connectivity index (χ4v) is 9.96. The summed E-state index contributed by atoms with van der Waals surface area (Å²) in [5.74, 6) is 1.26. The van der Waals surface area contributed by atoms with Gasteiger partial charge in [-0.3, -0.25) is 9.97 Å². The fraction of sp³-hybridized carbons (Fsp3) is 0.169. The summed E-state index contributed by atoms with van der Waals surface area (Å²) in [6, 6.07) is 58.1. The van der Waals surface area contributed by atoms with Crippen LogP contribution in [0.15, 0.2) is 162 Å². The maximum absolute atomic E-state index is 7.84. The minimum atomic E-state index is -2.27. The maximum Gasteiger partial charge on any atom is 0.121 e. The van der Waals surface area contributed by atoms with Crippen molar-refractivity contribution in [1.82, 2.24) is 19.5 Å². The Bertz CT molecular complexity index is 3620. The molecule has 0 saturated heterocycles. The van der Waals surface area contributed by atoms with E-state index in [1.54, 1.807) is 6.07 Å². The Morgan fingerprint density at radius 1 is 0.636 bits per heavy atom. The van der Waals surface area contributed by atoms with E-state index in [1.165, 1.54) is 27.4 Å². The standard InChI is InChI=1S/C45H36N3O.C14H16NSi.Ir/c1-26(2)35-22-31(29-12-7-6-8-13-29)23-36(27(3)4)43(35)48-41-17-10-9-16-40(41)47-45(48)34-15-11-14-33-38-25-37-30(24-42(38)49-44(33)34)19-21-39-32(37)20-18-28(5)46-39;1-16(2,3)13-9-10-14(15-11-13)12-7-5-4-6-8-12;/h6-14,16-27H,1-5H3;4-7,9-11H,1-3H3;/q2*-1;/i5D3;;. The van der Waals surface area contributed by atoms with Crippen molar-refractivity contribution in [1.29, 1.82) is 0 Å². The van der Waals surface area contributed by atoms with E-state index >= 15 is 0 Å². The summed E-state index contributed by atoms with van der Waals surface area (Å²) in [7, 11) is -1.23. The van der Waals surface area contributed by atoms with Gasteiger partial charge < -0.3 is 14.0 Å². The molecule has 0 amide bonds. The number of hydrogen-bond donors (Lipinski definition) is 0.